The van der Waals surface area contributed by atoms with E-state index in [-0.39, 0.29) is 5.97 Å². The molecule has 0 aromatic carbocycles. The third kappa shape index (κ3) is 8.25. The fourth-order valence-electron chi connectivity index (χ4n) is 2.70. The number of likely N-dealkylation sites (tertiary alicyclic amines) is 1. The highest BCUT2D eigenvalue weighted by atomic mass is 16.5. The Kier molecular flexibility index (Phi) is 8.11. The first kappa shape index (κ1) is 16.5. The Morgan fingerprint density at radius 3 is 2.42 bits per heavy atom. The molecule has 0 unspecified atom stereocenters. The van der Waals surface area contributed by atoms with E-state index in [1.807, 2.05) is 0 Å². The molecule has 0 bridgehead atoms. The van der Waals surface area contributed by atoms with E-state index in [0.717, 1.165) is 25.4 Å². The fourth-order valence-corrected chi connectivity index (χ4v) is 2.70. The fraction of sp³-hybridized carbons (Fsp3) is 0.938. The number of nitrogens with one attached hydrogen (secondary N) is 1. The second kappa shape index (κ2) is 9.35. The van der Waals surface area contributed by atoms with E-state index in [1.54, 1.807) is 0 Å². The predicted molar refractivity (Wildman–Crippen MR) is 78.2 cm³/mol. The Bertz CT molecular complexity index is 247. The first-order chi connectivity index (χ1) is 9.08. The second-order valence-electron chi connectivity index (χ2n) is 6.57. The summed E-state index contributed by atoms with van der Waals surface area (Å²) in [4.78, 5) is 13.0. The van der Waals surface area contributed by atoms with Gasteiger partial charge in [0, 0.05) is 12.8 Å². The molecule has 3 heteroatoms. The highest BCUT2D eigenvalue weighted by Crippen LogP contribution is 2.14. The SMILES string of the molecule is CC(C)CCC[C@@H](C)CCOC(=O)C[NH+]1CCCC1. The first-order valence-corrected chi connectivity index (χ1v) is 8.07. The highest BCUT2D eigenvalue weighted by Gasteiger charge is 2.19. The molecular formula is C16H32NO2+. The predicted octanol–water partition coefficient (Wildman–Crippen LogP) is 2.06. The third-order valence-electron chi connectivity index (χ3n) is 4.06. The summed E-state index contributed by atoms with van der Waals surface area (Å²) in [5, 5.41) is 0. The van der Waals surface area contributed by atoms with Crippen molar-refractivity contribution in [1.82, 2.24) is 0 Å². The van der Waals surface area contributed by atoms with Gasteiger partial charge in [-0.1, -0.05) is 40.0 Å². The van der Waals surface area contributed by atoms with Crippen LogP contribution in [0.15, 0.2) is 0 Å². The zero-order valence-corrected chi connectivity index (χ0v) is 13.0. The Hall–Kier alpha value is -0.570. The van der Waals surface area contributed by atoms with Crippen molar-refractivity contribution in [3.8, 4) is 0 Å². The summed E-state index contributed by atoms with van der Waals surface area (Å²) < 4.78 is 5.34. The van der Waals surface area contributed by atoms with E-state index in [4.69, 9.17) is 4.74 Å². The minimum atomic E-state index is -0.00807. The van der Waals surface area contributed by atoms with Crippen LogP contribution in [-0.2, 0) is 9.53 Å². The van der Waals surface area contributed by atoms with Crippen molar-refractivity contribution < 1.29 is 14.4 Å². The number of hydrogen-bond acceptors (Lipinski definition) is 2. The van der Waals surface area contributed by atoms with Crippen LogP contribution in [-0.4, -0.2) is 32.2 Å². The molecule has 0 radical (unpaired) electrons. The van der Waals surface area contributed by atoms with E-state index < -0.39 is 0 Å². The molecule has 1 atom stereocenters. The van der Waals surface area contributed by atoms with Gasteiger partial charge in [0.25, 0.3) is 0 Å². The van der Waals surface area contributed by atoms with Gasteiger partial charge >= 0.3 is 5.97 Å². The zero-order valence-electron chi connectivity index (χ0n) is 13.0. The molecule has 1 aliphatic rings. The maximum Gasteiger partial charge on any atom is 0.361 e. The minimum Gasteiger partial charge on any atom is -0.462 e. The quantitative estimate of drug-likeness (QED) is 0.650. The standard InChI is InChI=1S/C16H31NO2/c1-14(2)7-6-8-15(3)9-12-19-16(18)13-17-10-4-5-11-17/h14-15H,4-13H2,1-3H3/p+1/t15-/m1/s1. The maximum absolute atomic E-state index is 11.6. The molecular weight excluding hydrogens is 238 g/mol. The van der Waals surface area contributed by atoms with E-state index in [1.165, 1.54) is 37.0 Å². The first-order valence-electron chi connectivity index (χ1n) is 8.07. The Labute approximate surface area is 118 Å². The lowest BCUT2D eigenvalue weighted by Gasteiger charge is -2.14. The zero-order chi connectivity index (χ0) is 14.1. The average Bonchev–Trinajstić information content (AvgIpc) is 2.81. The topological polar surface area (TPSA) is 30.7 Å². The minimum absolute atomic E-state index is 0.00807. The lowest BCUT2D eigenvalue weighted by atomic mass is 9.98. The number of quaternary nitrogens is 1. The van der Waals surface area contributed by atoms with Crippen molar-refractivity contribution in [2.45, 2.75) is 59.3 Å². The van der Waals surface area contributed by atoms with E-state index >= 15 is 0 Å². The molecule has 0 aliphatic carbocycles. The molecule has 0 spiro atoms. The van der Waals surface area contributed by atoms with Crippen molar-refractivity contribution in [2.75, 3.05) is 26.2 Å². The van der Waals surface area contributed by atoms with Crippen LogP contribution in [0.4, 0.5) is 0 Å². The Morgan fingerprint density at radius 2 is 1.79 bits per heavy atom. The molecule has 0 aromatic rings. The lowest BCUT2D eigenvalue weighted by Crippen LogP contribution is -3.11. The average molecular weight is 270 g/mol. The van der Waals surface area contributed by atoms with Crippen molar-refractivity contribution in [1.29, 1.82) is 0 Å². The molecule has 1 saturated heterocycles. The van der Waals surface area contributed by atoms with E-state index in [0.29, 0.717) is 19.1 Å². The second-order valence-corrected chi connectivity index (χ2v) is 6.57. The van der Waals surface area contributed by atoms with Gasteiger partial charge in [-0.15, -0.1) is 0 Å². The molecule has 1 N–H and O–H groups in total. The smallest absolute Gasteiger partial charge is 0.361 e. The van der Waals surface area contributed by atoms with Gasteiger partial charge in [0.2, 0.25) is 0 Å². The maximum atomic E-state index is 11.6. The molecule has 19 heavy (non-hydrogen) atoms. The summed E-state index contributed by atoms with van der Waals surface area (Å²) in [5.74, 6) is 1.46. The lowest BCUT2D eigenvalue weighted by molar-refractivity contribution is -0.879. The summed E-state index contributed by atoms with van der Waals surface area (Å²) in [6.07, 6.45) is 7.39. The van der Waals surface area contributed by atoms with E-state index in [2.05, 4.69) is 20.8 Å². The molecule has 0 amide bonds. The van der Waals surface area contributed by atoms with Gasteiger partial charge in [-0.2, -0.15) is 0 Å². The molecule has 1 heterocycles. The third-order valence-corrected chi connectivity index (χ3v) is 4.06. The van der Waals surface area contributed by atoms with Crippen LogP contribution in [0.25, 0.3) is 0 Å². The summed E-state index contributed by atoms with van der Waals surface area (Å²) >= 11 is 0. The number of hydrogen-bond donors (Lipinski definition) is 1. The summed E-state index contributed by atoms with van der Waals surface area (Å²) in [7, 11) is 0. The van der Waals surface area contributed by atoms with Crippen molar-refractivity contribution >= 4 is 5.97 Å². The van der Waals surface area contributed by atoms with Gasteiger partial charge in [0.05, 0.1) is 19.7 Å². The van der Waals surface area contributed by atoms with Crippen molar-refractivity contribution in [3.63, 3.8) is 0 Å². The number of rotatable bonds is 9. The normalized spacial score (nSPS) is 17.9. The van der Waals surface area contributed by atoms with Crippen LogP contribution in [0.1, 0.15) is 59.3 Å². The number of carbonyl (C=O) groups is 1. The summed E-state index contributed by atoms with van der Waals surface area (Å²) in [6.45, 7) is 10.3. The van der Waals surface area contributed by atoms with Crippen LogP contribution >= 0.6 is 0 Å². The largest absolute Gasteiger partial charge is 0.462 e. The summed E-state index contributed by atoms with van der Waals surface area (Å²) in [6, 6.07) is 0. The van der Waals surface area contributed by atoms with Crippen molar-refractivity contribution in [3.05, 3.63) is 0 Å². The van der Waals surface area contributed by atoms with E-state index in [9.17, 15) is 4.79 Å². The molecule has 1 fully saturated rings. The van der Waals surface area contributed by atoms with Gasteiger partial charge in [-0.3, -0.25) is 0 Å². The van der Waals surface area contributed by atoms with Gasteiger partial charge in [0.1, 0.15) is 0 Å². The van der Waals surface area contributed by atoms with Gasteiger partial charge in [-0.05, 0) is 18.3 Å². The molecule has 3 nitrogen and oxygen atoms in total. The molecule has 0 aromatic heterocycles. The highest BCUT2D eigenvalue weighted by molar-refractivity contribution is 5.70. The molecule has 112 valence electrons. The Morgan fingerprint density at radius 1 is 1.11 bits per heavy atom. The number of ether oxygens (including phenoxy) is 1. The van der Waals surface area contributed by atoms with Crippen LogP contribution in [0.2, 0.25) is 0 Å². The molecule has 0 saturated carbocycles. The molecule has 1 aliphatic heterocycles. The molecule has 1 rings (SSSR count). The van der Waals surface area contributed by atoms with Gasteiger partial charge in [0.15, 0.2) is 6.54 Å². The van der Waals surface area contributed by atoms with Gasteiger partial charge < -0.3 is 9.64 Å². The number of carbonyl (C=O) groups excluding carboxylic acids is 1. The number of esters is 1. The summed E-state index contributed by atoms with van der Waals surface area (Å²) in [5.41, 5.74) is 0. The van der Waals surface area contributed by atoms with Crippen LogP contribution in [0, 0.1) is 11.8 Å². The monoisotopic (exact) mass is 270 g/mol. The van der Waals surface area contributed by atoms with Gasteiger partial charge in [-0.25, -0.2) is 4.79 Å². The van der Waals surface area contributed by atoms with Crippen LogP contribution < -0.4 is 4.90 Å². The van der Waals surface area contributed by atoms with Crippen LogP contribution in [0.5, 0.6) is 0 Å². The van der Waals surface area contributed by atoms with Crippen LogP contribution in [0.3, 0.4) is 0 Å². The van der Waals surface area contributed by atoms with Crippen molar-refractivity contribution in [2.24, 2.45) is 11.8 Å². The Balaban J connectivity index is 1.97.